The Hall–Kier alpha value is -1.03. The summed E-state index contributed by atoms with van der Waals surface area (Å²) in [6.07, 6.45) is 2.33. The van der Waals surface area contributed by atoms with Crippen LogP contribution in [0.2, 0.25) is 0 Å². The molecule has 1 fully saturated rings. The predicted octanol–water partition coefficient (Wildman–Crippen LogP) is 3.77. The van der Waals surface area contributed by atoms with Crippen LogP contribution in [0.4, 0.5) is 5.69 Å². The minimum absolute atomic E-state index is 0.394. The molecule has 0 aliphatic heterocycles. The zero-order valence-corrected chi connectivity index (χ0v) is 12.3. The van der Waals surface area contributed by atoms with E-state index < -0.39 is 5.97 Å². The molecule has 98 valence electrons. The number of hydrogen-bond acceptors (Lipinski definition) is 2. The van der Waals surface area contributed by atoms with Crippen LogP contribution in [0.25, 0.3) is 0 Å². The maximum atomic E-state index is 11.3. The van der Waals surface area contributed by atoms with E-state index in [0.717, 1.165) is 29.5 Å². The average molecular weight is 312 g/mol. The van der Waals surface area contributed by atoms with Crippen molar-refractivity contribution in [2.75, 3.05) is 11.4 Å². The van der Waals surface area contributed by atoms with Gasteiger partial charge < -0.3 is 10.0 Å². The number of carbonyl (C=O) groups is 1. The summed E-state index contributed by atoms with van der Waals surface area (Å²) in [6, 6.07) is 5.90. The molecule has 1 aromatic carbocycles. The normalized spacial score (nSPS) is 14.9. The van der Waals surface area contributed by atoms with Crippen LogP contribution in [0, 0.1) is 5.92 Å². The fraction of sp³-hybridized carbons (Fsp3) is 0.500. The molecule has 2 rings (SSSR count). The summed E-state index contributed by atoms with van der Waals surface area (Å²) >= 11 is 3.43. The summed E-state index contributed by atoms with van der Waals surface area (Å²) in [6.45, 7) is 5.23. The van der Waals surface area contributed by atoms with E-state index in [-0.39, 0.29) is 0 Å². The van der Waals surface area contributed by atoms with Crippen LogP contribution in [0.5, 0.6) is 0 Å². The van der Waals surface area contributed by atoms with Crippen molar-refractivity contribution in [1.82, 2.24) is 0 Å². The van der Waals surface area contributed by atoms with Crippen LogP contribution >= 0.6 is 15.9 Å². The average Bonchev–Trinajstić information content (AvgIpc) is 3.08. The van der Waals surface area contributed by atoms with Gasteiger partial charge in [-0.15, -0.1) is 0 Å². The number of halogens is 1. The highest BCUT2D eigenvalue weighted by atomic mass is 79.9. The molecule has 0 heterocycles. The lowest BCUT2D eigenvalue weighted by atomic mass is 10.1. The van der Waals surface area contributed by atoms with Crippen LogP contribution in [0.3, 0.4) is 0 Å². The molecule has 18 heavy (non-hydrogen) atoms. The summed E-state index contributed by atoms with van der Waals surface area (Å²) < 4.78 is 0.928. The Bertz CT molecular complexity index is 455. The number of aromatic carboxylic acids is 1. The highest BCUT2D eigenvalue weighted by Gasteiger charge is 2.31. The lowest BCUT2D eigenvalue weighted by Crippen LogP contribution is -2.31. The van der Waals surface area contributed by atoms with E-state index in [0.29, 0.717) is 17.5 Å². The largest absolute Gasteiger partial charge is 0.478 e. The van der Waals surface area contributed by atoms with Crippen LogP contribution in [-0.4, -0.2) is 23.7 Å². The molecule has 1 N–H and O–H groups in total. The Labute approximate surface area is 116 Å². The molecule has 1 aliphatic rings. The molecule has 3 nitrogen and oxygen atoms in total. The zero-order valence-electron chi connectivity index (χ0n) is 10.7. The molecule has 0 aromatic heterocycles. The van der Waals surface area contributed by atoms with Gasteiger partial charge in [0.1, 0.15) is 0 Å². The van der Waals surface area contributed by atoms with E-state index in [2.05, 4.69) is 34.7 Å². The first kappa shape index (κ1) is 13.4. The number of carboxylic acid groups (broad SMARTS) is 1. The SMILES string of the molecule is CC(C)CN(c1cc(Br)ccc1C(=O)O)C1CC1. The Morgan fingerprint density at radius 3 is 2.67 bits per heavy atom. The molecule has 1 aliphatic carbocycles. The van der Waals surface area contributed by atoms with Gasteiger partial charge in [-0.1, -0.05) is 29.8 Å². The first-order chi connectivity index (χ1) is 8.49. The van der Waals surface area contributed by atoms with E-state index >= 15 is 0 Å². The molecular weight excluding hydrogens is 294 g/mol. The van der Waals surface area contributed by atoms with Gasteiger partial charge in [0.05, 0.1) is 11.3 Å². The van der Waals surface area contributed by atoms with E-state index in [1.165, 1.54) is 0 Å². The lowest BCUT2D eigenvalue weighted by Gasteiger charge is -2.28. The van der Waals surface area contributed by atoms with Crippen molar-refractivity contribution in [2.45, 2.75) is 32.7 Å². The summed E-state index contributed by atoms with van der Waals surface area (Å²) in [5.41, 5.74) is 1.24. The quantitative estimate of drug-likeness (QED) is 0.899. The van der Waals surface area contributed by atoms with Gasteiger partial charge in [-0.2, -0.15) is 0 Å². The molecule has 0 unspecified atom stereocenters. The maximum Gasteiger partial charge on any atom is 0.337 e. The van der Waals surface area contributed by atoms with Gasteiger partial charge in [0.2, 0.25) is 0 Å². The monoisotopic (exact) mass is 311 g/mol. The molecule has 1 aromatic rings. The van der Waals surface area contributed by atoms with Gasteiger partial charge in [-0.3, -0.25) is 0 Å². The maximum absolute atomic E-state index is 11.3. The first-order valence-electron chi connectivity index (χ1n) is 6.28. The number of nitrogens with zero attached hydrogens (tertiary/aromatic N) is 1. The number of benzene rings is 1. The Morgan fingerprint density at radius 1 is 1.50 bits per heavy atom. The number of rotatable bonds is 5. The number of anilines is 1. The third-order valence-electron chi connectivity index (χ3n) is 3.05. The summed E-state index contributed by atoms with van der Waals surface area (Å²) in [4.78, 5) is 13.6. The van der Waals surface area contributed by atoms with Crippen molar-refractivity contribution in [1.29, 1.82) is 0 Å². The standard InChI is InChI=1S/C14H18BrNO2/c1-9(2)8-16(11-4-5-11)13-7-10(15)3-6-12(13)14(17)18/h3,6-7,9,11H,4-5,8H2,1-2H3,(H,17,18). The zero-order chi connectivity index (χ0) is 13.3. The third-order valence-corrected chi connectivity index (χ3v) is 3.54. The summed E-state index contributed by atoms with van der Waals surface area (Å²) in [5, 5.41) is 9.30. The van der Waals surface area contributed by atoms with E-state index in [9.17, 15) is 9.90 Å². The molecule has 4 heteroatoms. The second kappa shape index (κ2) is 5.31. The van der Waals surface area contributed by atoms with Gasteiger partial charge in [0.15, 0.2) is 0 Å². The summed E-state index contributed by atoms with van der Waals surface area (Å²) in [5.74, 6) is -0.335. The van der Waals surface area contributed by atoms with Crippen molar-refractivity contribution < 1.29 is 9.90 Å². The topological polar surface area (TPSA) is 40.5 Å². The Balaban J connectivity index is 2.38. The van der Waals surface area contributed by atoms with Crippen molar-refractivity contribution in [2.24, 2.45) is 5.92 Å². The van der Waals surface area contributed by atoms with E-state index in [1.807, 2.05) is 6.07 Å². The van der Waals surface area contributed by atoms with Crippen LogP contribution in [-0.2, 0) is 0 Å². The van der Waals surface area contributed by atoms with E-state index in [1.54, 1.807) is 12.1 Å². The van der Waals surface area contributed by atoms with Gasteiger partial charge in [0.25, 0.3) is 0 Å². The molecule has 0 spiro atoms. The fourth-order valence-electron chi connectivity index (χ4n) is 2.15. The third kappa shape index (κ3) is 3.05. The predicted molar refractivity (Wildman–Crippen MR) is 76.3 cm³/mol. The minimum atomic E-state index is -0.855. The molecular formula is C14H18BrNO2. The van der Waals surface area contributed by atoms with Gasteiger partial charge in [-0.05, 0) is 37.0 Å². The highest BCUT2D eigenvalue weighted by molar-refractivity contribution is 9.10. The molecule has 0 atom stereocenters. The van der Waals surface area contributed by atoms with Crippen molar-refractivity contribution in [3.8, 4) is 0 Å². The summed E-state index contributed by atoms with van der Waals surface area (Å²) in [7, 11) is 0. The van der Waals surface area contributed by atoms with Gasteiger partial charge in [0, 0.05) is 17.1 Å². The highest BCUT2D eigenvalue weighted by Crippen LogP contribution is 2.35. The lowest BCUT2D eigenvalue weighted by molar-refractivity contribution is 0.0697. The Kier molecular flexibility index (Phi) is 3.95. The smallest absolute Gasteiger partial charge is 0.337 e. The van der Waals surface area contributed by atoms with Gasteiger partial charge >= 0.3 is 5.97 Å². The minimum Gasteiger partial charge on any atom is -0.478 e. The van der Waals surface area contributed by atoms with Crippen LogP contribution < -0.4 is 4.90 Å². The van der Waals surface area contributed by atoms with Crippen LogP contribution in [0.1, 0.15) is 37.0 Å². The van der Waals surface area contributed by atoms with Gasteiger partial charge in [-0.25, -0.2) is 4.79 Å². The second-order valence-corrected chi connectivity index (χ2v) is 6.16. The molecule has 0 saturated heterocycles. The number of carboxylic acids is 1. The molecule has 0 bridgehead atoms. The molecule has 1 saturated carbocycles. The van der Waals surface area contributed by atoms with Crippen molar-refractivity contribution in [3.63, 3.8) is 0 Å². The Morgan fingerprint density at radius 2 is 2.17 bits per heavy atom. The van der Waals surface area contributed by atoms with Crippen molar-refractivity contribution >= 4 is 27.6 Å². The van der Waals surface area contributed by atoms with E-state index in [4.69, 9.17) is 0 Å². The fourth-order valence-corrected chi connectivity index (χ4v) is 2.50. The first-order valence-corrected chi connectivity index (χ1v) is 7.08. The molecule has 0 radical (unpaired) electrons. The number of hydrogen-bond donors (Lipinski definition) is 1. The van der Waals surface area contributed by atoms with Crippen LogP contribution in [0.15, 0.2) is 22.7 Å². The second-order valence-electron chi connectivity index (χ2n) is 5.24. The molecule has 0 amide bonds. The van der Waals surface area contributed by atoms with Crippen molar-refractivity contribution in [3.05, 3.63) is 28.2 Å².